The van der Waals surface area contributed by atoms with Gasteiger partial charge in [0, 0.05) is 29.1 Å². The summed E-state index contributed by atoms with van der Waals surface area (Å²) in [6.45, 7) is 6.24. The molecular weight excluding hydrogens is 456 g/mol. The molecule has 1 unspecified atom stereocenters. The molecule has 0 saturated heterocycles. The number of hydrogen-bond donors (Lipinski definition) is 2. The molecule has 186 valence electrons. The number of aryl methyl sites for hydroxylation is 1. The average Bonchev–Trinajstić information content (AvgIpc) is 2.85. The van der Waals surface area contributed by atoms with E-state index in [9.17, 15) is 10.1 Å². The standard InChI is InChI=1S/C28H30N4O4/c1-5-15-28(3)16-14-20-18-25(19(2)17-26(20)36-28)31-27(30-22-8-12-24(35-4)13-9-22)29-21-6-10-23(11-7-21)32(33)34/h6-14,16-18H,5,15H2,1-4H3,(H2,29,30,31). The van der Waals surface area contributed by atoms with Crippen LogP contribution < -0.4 is 20.1 Å². The lowest BCUT2D eigenvalue weighted by molar-refractivity contribution is -0.384. The summed E-state index contributed by atoms with van der Waals surface area (Å²) in [6.07, 6.45) is 6.17. The van der Waals surface area contributed by atoms with Crippen molar-refractivity contribution in [3.8, 4) is 11.5 Å². The number of fused-ring (bicyclic) bond motifs is 1. The van der Waals surface area contributed by atoms with Crippen molar-refractivity contribution in [1.29, 1.82) is 0 Å². The highest BCUT2D eigenvalue weighted by Crippen LogP contribution is 2.37. The fraction of sp³-hybridized carbons (Fsp3) is 0.250. The average molecular weight is 487 g/mol. The molecule has 36 heavy (non-hydrogen) atoms. The van der Waals surface area contributed by atoms with Crippen LogP contribution in [0.4, 0.5) is 22.7 Å². The van der Waals surface area contributed by atoms with Crippen LogP contribution in [0, 0.1) is 17.0 Å². The van der Waals surface area contributed by atoms with Gasteiger partial charge in [-0.2, -0.15) is 0 Å². The van der Waals surface area contributed by atoms with E-state index in [-0.39, 0.29) is 11.3 Å². The third-order valence-electron chi connectivity index (χ3n) is 5.96. The van der Waals surface area contributed by atoms with Gasteiger partial charge >= 0.3 is 0 Å². The van der Waals surface area contributed by atoms with E-state index in [4.69, 9.17) is 14.5 Å². The Hall–Kier alpha value is -4.33. The molecule has 0 bridgehead atoms. The van der Waals surface area contributed by atoms with Crippen LogP contribution in [0.15, 0.2) is 71.7 Å². The minimum Gasteiger partial charge on any atom is -0.497 e. The van der Waals surface area contributed by atoms with Crippen LogP contribution in [0.1, 0.15) is 37.8 Å². The molecule has 4 rings (SSSR count). The first-order valence-electron chi connectivity index (χ1n) is 11.8. The molecule has 1 heterocycles. The molecule has 0 saturated carbocycles. The SMILES string of the molecule is CCCC1(C)C=Cc2cc(N=C(Nc3ccc(OC)cc3)Nc3ccc([N+](=O)[O-])cc3)c(C)cc2O1. The molecule has 8 nitrogen and oxygen atoms in total. The second kappa shape index (κ2) is 10.5. The lowest BCUT2D eigenvalue weighted by Gasteiger charge is -2.31. The van der Waals surface area contributed by atoms with Crippen LogP contribution in [-0.4, -0.2) is 23.6 Å². The normalized spacial score (nSPS) is 16.6. The van der Waals surface area contributed by atoms with E-state index in [1.54, 1.807) is 19.2 Å². The zero-order valence-electron chi connectivity index (χ0n) is 20.9. The Morgan fingerprint density at radius 1 is 1.08 bits per heavy atom. The molecule has 0 amide bonds. The van der Waals surface area contributed by atoms with Gasteiger partial charge in [-0.3, -0.25) is 10.1 Å². The highest BCUT2D eigenvalue weighted by molar-refractivity contribution is 6.05. The molecule has 0 aliphatic carbocycles. The van der Waals surface area contributed by atoms with Crippen molar-refractivity contribution in [2.24, 2.45) is 4.99 Å². The van der Waals surface area contributed by atoms with Gasteiger partial charge in [-0.15, -0.1) is 0 Å². The van der Waals surface area contributed by atoms with Crippen molar-refractivity contribution in [3.05, 3.63) is 88.0 Å². The smallest absolute Gasteiger partial charge is 0.269 e. The number of non-ortho nitro benzene ring substituents is 1. The molecule has 0 fully saturated rings. The number of methoxy groups -OCH3 is 1. The van der Waals surface area contributed by atoms with Crippen molar-refractivity contribution in [2.75, 3.05) is 17.7 Å². The highest BCUT2D eigenvalue weighted by atomic mass is 16.6. The number of nitrogens with zero attached hydrogens (tertiary/aromatic N) is 2. The first-order chi connectivity index (χ1) is 17.3. The van der Waals surface area contributed by atoms with Crippen LogP contribution in [-0.2, 0) is 0 Å². The summed E-state index contributed by atoms with van der Waals surface area (Å²) in [5.74, 6) is 2.06. The van der Waals surface area contributed by atoms with Crippen molar-refractivity contribution in [1.82, 2.24) is 0 Å². The van der Waals surface area contributed by atoms with Crippen LogP contribution in [0.5, 0.6) is 11.5 Å². The summed E-state index contributed by atoms with van der Waals surface area (Å²) in [4.78, 5) is 15.5. The Balaban J connectivity index is 1.67. The summed E-state index contributed by atoms with van der Waals surface area (Å²) in [6, 6.07) is 17.7. The van der Waals surface area contributed by atoms with Crippen molar-refractivity contribution >= 4 is 34.8 Å². The van der Waals surface area contributed by atoms with Gasteiger partial charge in [0.15, 0.2) is 0 Å². The van der Waals surface area contributed by atoms with Crippen molar-refractivity contribution < 1.29 is 14.4 Å². The molecular formula is C28H30N4O4. The van der Waals surface area contributed by atoms with Crippen LogP contribution >= 0.6 is 0 Å². The second-order valence-corrected chi connectivity index (χ2v) is 8.92. The van der Waals surface area contributed by atoms with Gasteiger partial charge in [-0.25, -0.2) is 4.99 Å². The quantitative estimate of drug-likeness (QED) is 0.160. The summed E-state index contributed by atoms with van der Waals surface area (Å²) >= 11 is 0. The zero-order valence-corrected chi connectivity index (χ0v) is 20.9. The highest BCUT2D eigenvalue weighted by Gasteiger charge is 2.26. The summed E-state index contributed by atoms with van der Waals surface area (Å²) in [5, 5.41) is 17.6. The number of benzene rings is 3. The molecule has 2 N–H and O–H groups in total. The Labute approximate surface area is 210 Å². The van der Waals surface area contributed by atoms with E-state index in [0.29, 0.717) is 11.6 Å². The number of nitro benzene ring substituents is 1. The third kappa shape index (κ3) is 5.83. The summed E-state index contributed by atoms with van der Waals surface area (Å²) in [7, 11) is 1.62. The Bertz CT molecular complexity index is 1300. The van der Waals surface area contributed by atoms with Gasteiger partial charge in [0.25, 0.3) is 5.69 Å². The Kier molecular flexibility index (Phi) is 7.24. The molecule has 3 aromatic rings. The Morgan fingerprint density at radius 3 is 2.31 bits per heavy atom. The third-order valence-corrected chi connectivity index (χ3v) is 5.96. The van der Waals surface area contributed by atoms with E-state index >= 15 is 0 Å². The first-order valence-corrected chi connectivity index (χ1v) is 11.8. The number of guanidine groups is 1. The van der Waals surface area contributed by atoms with E-state index < -0.39 is 4.92 Å². The lowest BCUT2D eigenvalue weighted by atomic mass is 9.95. The van der Waals surface area contributed by atoms with Gasteiger partial charge in [-0.05, 0) is 80.4 Å². The molecule has 0 aromatic heterocycles. The van der Waals surface area contributed by atoms with E-state index in [1.807, 2.05) is 43.3 Å². The molecule has 1 aliphatic heterocycles. The molecule has 3 aromatic carbocycles. The summed E-state index contributed by atoms with van der Waals surface area (Å²) in [5.41, 5.74) is 3.88. The maximum atomic E-state index is 11.0. The number of rotatable bonds is 7. The topological polar surface area (TPSA) is 98.0 Å². The van der Waals surface area contributed by atoms with E-state index in [1.165, 1.54) is 12.1 Å². The number of nitrogens with one attached hydrogen (secondary N) is 2. The monoisotopic (exact) mass is 486 g/mol. The van der Waals surface area contributed by atoms with Crippen LogP contribution in [0.25, 0.3) is 6.08 Å². The van der Waals surface area contributed by atoms with Gasteiger partial charge < -0.3 is 20.1 Å². The molecule has 1 atom stereocenters. The van der Waals surface area contributed by atoms with E-state index in [2.05, 4.69) is 36.6 Å². The maximum absolute atomic E-state index is 11.0. The predicted octanol–water partition coefficient (Wildman–Crippen LogP) is 7.09. The minimum absolute atomic E-state index is 0.0227. The predicted molar refractivity (Wildman–Crippen MR) is 145 cm³/mol. The number of nitro groups is 1. The molecule has 8 heteroatoms. The molecule has 0 spiro atoms. The fourth-order valence-electron chi connectivity index (χ4n) is 4.03. The van der Waals surface area contributed by atoms with Gasteiger partial charge in [0.2, 0.25) is 5.96 Å². The first kappa shape index (κ1) is 24.8. The Morgan fingerprint density at radius 2 is 1.72 bits per heavy atom. The van der Waals surface area contributed by atoms with Crippen LogP contribution in [0.2, 0.25) is 0 Å². The van der Waals surface area contributed by atoms with Crippen LogP contribution in [0.3, 0.4) is 0 Å². The second-order valence-electron chi connectivity index (χ2n) is 8.92. The lowest BCUT2D eigenvalue weighted by Crippen LogP contribution is -2.31. The fourth-order valence-corrected chi connectivity index (χ4v) is 4.03. The van der Waals surface area contributed by atoms with Gasteiger partial charge in [0.1, 0.15) is 17.1 Å². The van der Waals surface area contributed by atoms with Gasteiger partial charge in [0.05, 0.1) is 17.7 Å². The maximum Gasteiger partial charge on any atom is 0.269 e. The molecule has 0 radical (unpaired) electrons. The van der Waals surface area contributed by atoms with Gasteiger partial charge in [-0.1, -0.05) is 19.4 Å². The van der Waals surface area contributed by atoms with Crippen molar-refractivity contribution in [3.63, 3.8) is 0 Å². The van der Waals surface area contributed by atoms with E-state index in [0.717, 1.165) is 46.8 Å². The number of aliphatic imine (C=N–C) groups is 1. The number of anilines is 2. The number of ether oxygens (including phenoxy) is 2. The van der Waals surface area contributed by atoms with Crippen molar-refractivity contribution in [2.45, 2.75) is 39.2 Å². The largest absolute Gasteiger partial charge is 0.497 e. The molecule has 1 aliphatic rings. The summed E-state index contributed by atoms with van der Waals surface area (Å²) < 4.78 is 11.6. The zero-order chi connectivity index (χ0) is 25.7. The minimum atomic E-state index is -0.425. The number of hydrogen-bond acceptors (Lipinski definition) is 5.